The maximum atomic E-state index is 11.4. The van der Waals surface area contributed by atoms with E-state index >= 15 is 0 Å². The minimum Gasteiger partial charge on any atom is -0.467 e. The Morgan fingerprint density at radius 1 is 1.33 bits per heavy atom. The molecule has 0 bridgehead atoms. The summed E-state index contributed by atoms with van der Waals surface area (Å²) in [6.45, 7) is 3.09. The summed E-state index contributed by atoms with van der Waals surface area (Å²) in [5.74, 6) is -0.978. The van der Waals surface area contributed by atoms with E-state index in [0.717, 1.165) is 6.26 Å². The van der Waals surface area contributed by atoms with Crippen molar-refractivity contribution in [2.75, 3.05) is 25.7 Å². The number of methoxy groups -OCH3 is 1. The van der Waals surface area contributed by atoms with Crippen LogP contribution in [0.4, 0.5) is 0 Å². The highest BCUT2D eigenvalue weighted by Crippen LogP contribution is 1.93. The molecule has 0 fully saturated rings. The largest absolute Gasteiger partial charge is 0.467 e. The van der Waals surface area contributed by atoms with Crippen molar-refractivity contribution in [1.29, 1.82) is 0 Å². The molecule has 0 radical (unpaired) electrons. The summed E-state index contributed by atoms with van der Waals surface area (Å²) < 4.78 is 26.6. The molecule has 0 aliphatic carbocycles. The zero-order chi connectivity index (χ0) is 14.3. The lowest BCUT2D eigenvalue weighted by Gasteiger charge is -2.19. The number of ether oxygens (including phenoxy) is 1. The van der Waals surface area contributed by atoms with Crippen molar-refractivity contribution in [2.24, 2.45) is 0 Å². The minimum absolute atomic E-state index is 0.0407. The minimum atomic E-state index is -3.09. The second-order valence-corrected chi connectivity index (χ2v) is 6.36. The Balaban J connectivity index is 4.34. The monoisotopic (exact) mass is 280 g/mol. The summed E-state index contributed by atoms with van der Waals surface area (Å²) in [6.07, 6.45) is 1.14. The third kappa shape index (κ3) is 8.02. The Bertz CT molecular complexity index is 393. The Morgan fingerprint density at radius 2 is 1.89 bits per heavy atom. The molecule has 7 nitrogen and oxygen atoms in total. The first-order valence-corrected chi connectivity index (χ1v) is 7.47. The lowest BCUT2D eigenvalue weighted by atomic mass is 10.2. The normalized spacial score (nSPS) is 14.7. The van der Waals surface area contributed by atoms with Crippen LogP contribution in [0.25, 0.3) is 0 Å². The van der Waals surface area contributed by atoms with Gasteiger partial charge in [0.1, 0.15) is 15.9 Å². The summed E-state index contributed by atoms with van der Waals surface area (Å²) >= 11 is 0. The van der Waals surface area contributed by atoms with E-state index in [2.05, 4.69) is 15.4 Å². The number of carbonyl (C=O) groups is 2. The topological polar surface area (TPSA) is 102 Å². The first-order chi connectivity index (χ1) is 8.15. The summed E-state index contributed by atoms with van der Waals surface area (Å²) in [5.41, 5.74) is 0. The fourth-order valence-electron chi connectivity index (χ4n) is 1.41. The van der Waals surface area contributed by atoms with E-state index in [9.17, 15) is 18.0 Å². The summed E-state index contributed by atoms with van der Waals surface area (Å²) in [7, 11) is -1.87. The highest BCUT2D eigenvalue weighted by molar-refractivity contribution is 7.90. The van der Waals surface area contributed by atoms with E-state index in [4.69, 9.17) is 0 Å². The smallest absolute Gasteiger partial charge is 0.329 e. The van der Waals surface area contributed by atoms with Gasteiger partial charge in [-0.2, -0.15) is 0 Å². The number of sulfone groups is 1. The fourth-order valence-corrected chi connectivity index (χ4v) is 2.44. The van der Waals surface area contributed by atoms with Crippen molar-refractivity contribution in [3.63, 3.8) is 0 Å². The fraction of sp³-hybridized carbons (Fsp3) is 0.800. The van der Waals surface area contributed by atoms with Gasteiger partial charge in [-0.1, -0.05) is 0 Å². The predicted molar refractivity (Wildman–Crippen MR) is 66.8 cm³/mol. The van der Waals surface area contributed by atoms with E-state index in [-0.39, 0.29) is 24.2 Å². The van der Waals surface area contributed by atoms with E-state index in [1.54, 1.807) is 6.92 Å². The van der Waals surface area contributed by atoms with Gasteiger partial charge < -0.3 is 15.4 Å². The van der Waals surface area contributed by atoms with E-state index < -0.39 is 21.8 Å². The summed E-state index contributed by atoms with van der Waals surface area (Å²) in [5, 5.41) is 5.29. The molecule has 18 heavy (non-hydrogen) atoms. The van der Waals surface area contributed by atoms with E-state index in [1.807, 2.05) is 0 Å². The van der Waals surface area contributed by atoms with Crippen molar-refractivity contribution in [2.45, 2.75) is 25.9 Å². The highest BCUT2D eigenvalue weighted by Gasteiger charge is 2.21. The van der Waals surface area contributed by atoms with E-state index in [0.29, 0.717) is 0 Å². The molecule has 0 spiro atoms. The van der Waals surface area contributed by atoms with Crippen molar-refractivity contribution in [3.05, 3.63) is 0 Å². The van der Waals surface area contributed by atoms with Crippen molar-refractivity contribution in [3.8, 4) is 0 Å². The maximum absolute atomic E-state index is 11.4. The van der Waals surface area contributed by atoms with Crippen LogP contribution >= 0.6 is 0 Å². The molecule has 0 saturated heterocycles. The second-order valence-electron chi connectivity index (χ2n) is 4.18. The van der Waals surface area contributed by atoms with Crippen molar-refractivity contribution < 1.29 is 22.7 Å². The van der Waals surface area contributed by atoms with Crippen LogP contribution in [0.2, 0.25) is 0 Å². The van der Waals surface area contributed by atoms with Gasteiger partial charge in [0, 0.05) is 25.8 Å². The Kier molecular flexibility index (Phi) is 6.85. The summed E-state index contributed by atoms with van der Waals surface area (Å²) in [4.78, 5) is 22.3. The van der Waals surface area contributed by atoms with Crippen molar-refractivity contribution in [1.82, 2.24) is 10.6 Å². The third-order valence-electron chi connectivity index (χ3n) is 2.09. The zero-order valence-corrected chi connectivity index (χ0v) is 11.8. The Hall–Kier alpha value is -1.15. The molecule has 0 heterocycles. The molecule has 2 unspecified atom stereocenters. The van der Waals surface area contributed by atoms with Crippen LogP contribution in [0.1, 0.15) is 13.8 Å². The average molecular weight is 280 g/mol. The number of hydrogen-bond donors (Lipinski definition) is 2. The van der Waals surface area contributed by atoms with Gasteiger partial charge in [0.25, 0.3) is 0 Å². The van der Waals surface area contributed by atoms with Crippen LogP contribution in [-0.4, -0.2) is 58.0 Å². The quantitative estimate of drug-likeness (QED) is 0.561. The van der Waals surface area contributed by atoms with E-state index in [1.165, 1.54) is 14.0 Å². The van der Waals surface area contributed by atoms with Gasteiger partial charge in [-0.3, -0.25) is 4.79 Å². The molecule has 0 aromatic rings. The van der Waals surface area contributed by atoms with Crippen molar-refractivity contribution >= 4 is 21.7 Å². The first kappa shape index (κ1) is 16.9. The molecule has 2 atom stereocenters. The predicted octanol–water partition coefficient (Wildman–Crippen LogP) is -1.31. The molecular weight excluding hydrogens is 260 g/mol. The van der Waals surface area contributed by atoms with Gasteiger partial charge >= 0.3 is 5.97 Å². The zero-order valence-electron chi connectivity index (χ0n) is 11.0. The molecule has 0 aromatic carbocycles. The standard InChI is InChI=1S/C10H20N2O5S/c1-7(6-18(4,15)16)11-5-9(10(14)17-3)12-8(2)13/h7,9,11H,5-6H2,1-4H3,(H,12,13). The highest BCUT2D eigenvalue weighted by atomic mass is 32.2. The molecular formula is C10H20N2O5S. The number of nitrogens with one attached hydrogen (secondary N) is 2. The molecule has 2 N–H and O–H groups in total. The van der Waals surface area contributed by atoms with Crippen LogP contribution in [0.5, 0.6) is 0 Å². The van der Waals surface area contributed by atoms with Crippen LogP contribution < -0.4 is 10.6 Å². The lowest BCUT2D eigenvalue weighted by Crippen LogP contribution is -2.49. The van der Waals surface area contributed by atoms with Crippen LogP contribution in [0.15, 0.2) is 0 Å². The molecule has 0 aromatic heterocycles. The third-order valence-corrected chi connectivity index (χ3v) is 3.19. The van der Waals surface area contributed by atoms with Crippen LogP contribution in [0, 0.1) is 0 Å². The van der Waals surface area contributed by atoms with Crippen LogP contribution in [-0.2, 0) is 24.2 Å². The number of amides is 1. The number of hydrogen-bond acceptors (Lipinski definition) is 6. The number of carbonyl (C=O) groups excluding carboxylic acids is 2. The molecule has 0 aliphatic heterocycles. The van der Waals surface area contributed by atoms with Gasteiger partial charge in [0.05, 0.1) is 12.9 Å². The Morgan fingerprint density at radius 3 is 2.28 bits per heavy atom. The molecule has 0 aliphatic rings. The molecule has 1 amide bonds. The second kappa shape index (κ2) is 7.32. The van der Waals surface area contributed by atoms with Crippen LogP contribution in [0.3, 0.4) is 0 Å². The SMILES string of the molecule is COC(=O)C(CNC(C)CS(C)(=O)=O)NC(C)=O. The number of esters is 1. The Labute approximate surface area is 107 Å². The molecule has 0 rings (SSSR count). The maximum Gasteiger partial charge on any atom is 0.329 e. The van der Waals surface area contributed by atoms with Gasteiger partial charge in [-0.15, -0.1) is 0 Å². The molecule has 106 valence electrons. The molecule has 0 saturated carbocycles. The lowest BCUT2D eigenvalue weighted by molar-refractivity contribution is -0.144. The number of rotatable bonds is 7. The average Bonchev–Trinajstić information content (AvgIpc) is 2.20. The first-order valence-electron chi connectivity index (χ1n) is 5.41. The molecule has 8 heteroatoms. The summed E-state index contributed by atoms with van der Waals surface area (Å²) in [6, 6.07) is -1.14. The van der Waals surface area contributed by atoms with Gasteiger partial charge in [0.15, 0.2) is 0 Å². The van der Waals surface area contributed by atoms with Gasteiger partial charge in [-0.25, -0.2) is 13.2 Å². The van der Waals surface area contributed by atoms with Gasteiger partial charge in [-0.05, 0) is 6.92 Å². The van der Waals surface area contributed by atoms with Gasteiger partial charge in [0.2, 0.25) is 5.91 Å².